The molecule has 0 saturated carbocycles. The zero-order valence-corrected chi connectivity index (χ0v) is 14.0. The number of hydrogen-bond donors (Lipinski definition) is 1. The minimum atomic E-state index is -0.353. The molecule has 124 valence electrons. The van der Waals surface area contributed by atoms with Crippen LogP contribution in [0.25, 0.3) is 0 Å². The van der Waals surface area contributed by atoms with Gasteiger partial charge in [-0.15, -0.1) is 11.3 Å². The fourth-order valence-corrected chi connectivity index (χ4v) is 2.69. The van der Waals surface area contributed by atoms with Gasteiger partial charge in [0.05, 0.1) is 12.2 Å². The van der Waals surface area contributed by atoms with Gasteiger partial charge in [-0.25, -0.2) is 9.37 Å². The molecule has 1 aromatic carbocycles. The van der Waals surface area contributed by atoms with Crippen molar-refractivity contribution >= 4 is 17.2 Å². The lowest BCUT2D eigenvalue weighted by atomic mass is 10.3. The highest BCUT2D eigenvalue weighted by Crippen LogP contribution is 2.17. The highest BCUT2D eigenvalue weighted by molar-refractivity contribution is 7.09. The zero-order valence-electron chi connectivity index (χ0n) is 13.2. The summed E-state index contributed by atoms with van der Waals surface area (Å²) in [7, 11) is 0. The molecule has 2 N–H and O–H groups in total. The predicted octanol–water partition coefficient (Wildman–Crippen LogP) is 2.56. The van der Waals surface area contributed by atoms with Crippen LogP contribution < -0.4 is 10.5 Å². The summed E-state index contributed by atoms with van der Waals surface area (Å²) in [6, 6.07) is 6.07. The van der Waals surface area contributed by atoms with Crippen LogP contribution in [-0.2, 0) is 17.9 Å². The number of nitrogens with two attached hydrogens (primary N) is 1. The summed E-state index contributed by atoms with van der Waals surface area (Å²) in [5.74, 6) is -0.0494. The topological polar surface area (TPSA) is 68.5 Å². The van der Waals surface area contributed by atoms with Crippen molar-refractivity contribution in [3.63, 3.8) is 0 Å². The van der Waals surface area contributed by atoms with E-state index in [1.807, 2.05) is 24.1 Å². The van der Waals surface area contributed by atoms with Crippen LogP contribution in [0, 0.1) is 5.82 Å². The molecule has 0 radical (unpaired) electrons. The second-order valence-electron chi connectivity index (χ2n) is 5.44. The molecular weight excluding hydrogens is 317 g/mol. The number of primary amides is 1. The van der Waals surface area contributed by atoms with Gasteiger partial charge >= 0.3 is 0 Å². The molecule has 0 saturated heterocycles. The Morgan fingerprint density at radius 3 is 2.70 bits per heavy atom. The van der Waals surface area contributed by atoms with E-state index in [1.54, 1.807) is 12.1 Å². The minimum absolute atomic E-state index is 0.197. The van der Waals surface area contributed by atoms with E-state index in [0.29, 0.717) is 18.9 Å². The van der Waals surface area contributed by atoms with E-state index in [1.165, 1.54) is 23.5 Å². The van der Waals surface area contributed by atoms with Crippen LogP contribution >= 0.6 is 11.3 Å². The molecule has 5 nitrogen and oxygen atoms in total. The normalized spacial score (nSPS) is 11.2. The number of aromatic nitrogens is 1. The molecule has 0 bridgehead atoms. The van der Waals surface area contributed by atoms with E-state index in [-0.39, 0.29) is 24.3 Å². The van der Waals surface area contributed by atoms with E-state index in [4.69, 9.17) is 10.5 Å². The van der Waals surface area contributed by atoms with Crippen LogP contribution in [-0.4, -0.2) is 28.4 Å². The number of carbonyl (C=O) groups is 1. The van der Waals surface area contributed by atoms with Gasteiger partial charge in [-0.2, -0.15) is 0 Å². The number of nitrogens with zero attached hydrogens (tertiary/aromatic N) is 2. The highest BCUT2D eigenvalue weighted by Gasteiger charge is 2.14. The SMILES string of the molecule is CC(C)N(CC(N)=O)Cc1csc(COc2ccc(F)cc2)n1. The van der Waals surface area contributed by atoms with Crippen molar-refractivity contribution in [2.75, 3.05) is 6.54 Å². The van der Waals surface area contributed by atoms with Gasteiger partial charge in [0.1, 0.15) is 23.2 Å². The zero-order chi connectivity index (χ0) is 16.8. The van der Waals surface area contributed by atoms with Gasteiger partial charge in [0, 0.05) is 18.0 Å². The number of carbonyl (C=O) groups excluding carboxylic acids is 1. The third kappa shape index (κ3) is 5.61. The monoisotopic (exact) mass is 337 g/mol. The summed E-state index contributed by atoms with van der Waals surface area (Å²) < 4.78 is 18.4. The Kier molecular flexibility index (Phi) is 6.06. The summed E-state index contributed by atoms with van der Waals surface area (Å²) in [6.45, 7) is 5.11. The Morgan fingerprint density at radius 1 is 1.39 bits per heavy atom. The molecule has 1 heterocycles. The van der Waals surface area contributed by atoms with Gasteiger partial charge in [0.25, 0.3) is 0 Å². The first-order chi connectivity index (χ1) is 10.9. The lowest BCUT2D eigenvalue weighted by Crippen LogP contribution is -2.38. The highest BCUT2D eigenvalue weighted by atomic mass is 32.1. The average molecular weight is 337 g/mol. The molecule has 0 fully saturated rings. The first kappa shape index (κ1) is 17.4. The summed E-state index contributed by atoms with van der Waals surface area (Å²) in [5.41, 5.74) is 6.15. The van der Waals surface area contributed by atoms with Crippen LogP contribution in [0.3, 0.4) is 0 Å². The predicted molar refractivity (Wildman–Crippen MR) is 87.6 cm³/mol. The summed E-state index contributed by atoms with van der Waals surface area (Å²) in [5, 5.41) is 2.77. The average Bonchev–Trinajstić information content (AvgIpc) is 2.93. The van der Waals surface area contributed by atoms with Crippen molar-refractivity contribution in [3.8, 4) is 5.75 Å². The number of benzene rings is 1. The molecular formula is C16H20FN3O2S. The summed E-state index contributed by atoms with van der Waals surface area (Å²) in [4.78, 5) is 17.6. The van der Waals surface area contributed by atoms with Gasteiger partial charge in [0.2, 0.25) is 5.91 Å². The molecule has 0 unspecified atom stereocenters. The molecule has 0 atom stereocenters. The first-order valence-corrected chi connectivity index (χ1v) is 8.16. The number of amides is 1. The maximum Gasteiger partial charge on any atom is 0.231 e. The van der Waals surface area contributed by atoms with Gasteiger partial charge < -0.3 is 10.5 Å². The summed E-state index contributed by atoms with van der Waals surface area (Å²) in [6.07, 6.45) is 0. The van der Waals surface area contributed by atoms with Gasteiger partial charge in [-0.1, -0.05) is 0 Å². The van der Waals surface area contributed by atoms with Crippen molar-refractivity contribution in [3.05, 3.63) is 46.2 Å². The largest absolute Gasteiger partial charge is 0.486 e. The van der Waals surface area contributed by atoms with E-state index >= 15 is 0 Å². The van der Waals surface area contributed by atoms with E-state index in [0.717, 1.165) is 10.7 Å². The molecule has 7 heteroatoms. The van der Waals surface area contributed by atoms with Crippen molar-refractivity contribution < 1.29 is 13.9 Å². The van der Waals surface area contributed by atoms with E-state index in [2.05, 4.69) is 4.98 Å². The molecule has 2 rings (SSSR count). The smallest absolute Gasteiger partial charge is 0.231 e. The van der Waals surface area contributed by atoms with E-state index in [9.17, 15) is 9.18 Å². The second kappa shape index (κ2) is 8.03. The molecule has 1 amide bonds. The Hall–Kier alpha value is -1.99. The Bertz CT molecular complexity index is 643. The number of thiazole rings is 1. The number of rotatable bonds is 8. The summed E-state index contributed by atoms with van der Waals surface area (Å²) >= 11 is 1.49. The van der Waals surface area contributed by atoms with Crippen LogP contribution in [0.2, 0.25) is 0 Å². The number of halogens is 1. The fourth-order valence-electron chi connectivity index (χ4n) is 1.99. The minimum Gasteiger partial charge on any atom is -0.486 e. The maximum atomic E-state index is 12.8. The lowest BCUT2D eigenvalue weighted by Gasteiger charge is -2.23. The lowest BCUT2D eigenvalue weighted by molar-refractivity contribution is -0.119. The molecule has 0 aliphatic rings. The fraction of sp³-hybridized carbons (Fsp3) is 0.375. The second-order valence-corrected chi connectivity index (χ2v) is 6.38. The third-order valence-corrected chi connectivity index (χ3v) is 4.10. The quantitative estimate of drug-likeness (QED) is 0.804. The van der Waals surface area contributed by atoms with Crippen LogP contribution in [0.5, 0.6) is 5.75 Å². The van der Waals surface area contributed by atoms with Crippen LogP contribution in [0.1, 0.15) is 24.5 Å². The molecule has 0 aliphatic heterocycles. The third-order valence-electron chi connectivity index (χ3n) is 3.23. The van der Waals surface area contributed by atoms with Crippen LogP contribution in [0.15, 0.2) is 29.6 Å². The van der Waals surface area contributed by atoms with Gasteiger partial charge in [-0.05, 0) is 38.1 Å². The molecule has 23 heavy (non-hydrogen) atoms. The van der Waals surface area contributed by atoms with Gasteiger partial charge in [0.15, 0.2) is 0 Å². The van der Waals surface area contributed by atoms with Crippen LogP contribution in [0.4, 0.5) is 4.39 Å². The van der Waals surface area contributed by atoms with Gasteiger partial charge in [-0.3, -0.25) is 9.69 Å². The molecule has 0 aliphatic carbocycles. The molecule has 0 spiro atoms. The Labute approximate surface area is 138 Å². The standard InChI is InChI=1S/C16H20FN3O2S/c1-11(2)20(8-15(18)21)7-13-10-23-16(19-13)9-22-14-5-3-12(17)4-6-14/h3-6,10-11H,7-9H2,1-2H3,(H2,18,21). The van der Waals surface area contributed by atoms with Crippen molar-refractivity contribution in [2.45, 2.75) is 33.0 Å². The molecule has 2 aromatic rings. The Morgan fingerprint density at radius 2 is 2.09 bits per heavy atom. The van der Waals surface area contributed by atoms with E-state index < -0.39 is 0 Å². The first-order valence-electron chi connectivity index (χ1n) is 7.28. The Balaban J connectivity index is 1.91. The maximum absolute atomic E-state index is 12.8. The van der Waals surface area contributed by atoms with Crippen molar-refractivity contribution in [1.82, 2.24) is 9.88 Å². The number of hydrogen-bond acceptors (Lipinski definition) is 5. The number of ether oxygens (including phenoxy) is 1. The van der Waals surface area contributed by atoms with Crippen molar-refractivity contribution in [1.29, 1.82) is 0 Å². The van der Waals surface area contributed by atoms with Crippen molar-refractivity contribution in [2.24, 2.45) is 5.73 Å². The molecule has 1 aromatic heterocycles.